The third-order valence-electron chi connectivity index (χ3n) is 3.74. The molecule has 0 aliphatic heterocycles. The lowest BCUT2D eigenvalue weighted by Crippen LogP contribution is -2.26. The average molecular weight is 343 g/mol. The van der Waals surface area contributed by atoms with Gasteiger partial charge in [0.2, 0.25) is 0 Å². The Morgan fingerprint density at radius 1 is 1.24 bits per heavy atom. The molecular formula is C15H22IN. The molecule has 0 saturated heterocycles. The van der Waals surface area contributed by atoms with Crippen LogP contribution in [0.2, 0.25) is 0 Å². The van der Waals surface area contributed by atoms with Crippen LogP contribution in [0, 0.1) is 9.49 Å². The minimum atomic E-state index is 0.696. The van der Waals surface area contributed by atoms with Crippen molar-refractivity contribution in [3.05, 3.63) is 27.8 Å². The highest BCUT2D eigenvalue weighted by Gasteiger charge is 2.20. The zero-order valence-corrected chi connectivity index (χ0v) is 12.7. The van der Waals surface area contributed by atoms with Crippen molar-refractivity contribution >= 4 is 28.3 Å². The van der Waals surface area contributed by atoms with E-state index in [1.807, 2.05) is 0 Å². The highest BCUT2D eigenvalue weighted by Crippen LogP contribution is 2.29. The van der Waals surface area contributed by atoms with Gasteiger partial charge in [0.15, 0.2) is 0 Å². The summed E-state index contributed by atoms with van der Waals surface area (Å²) in [5.41, 5.74) is 1.29. The molecular weight excluding hydrogens is 321 g/mol. The number of nitrogens with one attached hydrogen (secondary N) is 1. The lowest BCUT2D eigenvalue weighted by molar-refractivity contribution is 0.319. The van der Waals surface area contributed by atoms with Gasteiger partial charge in [0.25, 0.3) is 0 Å². The van der Waals surface area contributed by atoms with Crippen LogP contribution in [0.4, 0.5) is 5.69 Å². The average Bonchev–Trinajstić information content (AvgIpc) is 2.32. The van der Waals surface area contributed by atoms with Gasteiger partial charge in [0, 0.05) is 15.3 Å². The summed E-state index contributed by atoms with van der Waals surface area (Å²) in [5.74, 6) is 0.994. The van der Waals surface area contributed by atoms with Gasteiger partial charge in [-0.25, -0.2) is 0 Å². The van der Waals surface area contributed by atoms with Crippen molar-refractivity contribution in [2.75, 3.05) is 5.32 Å². The molecule has 0 aromatic heterocycles. The van der Waals surface area contributed by atoms with E-state index in [0.717, 1.165) is 5.92 Å². The fourth-order valence-electron chi connectivity index (χ4n) is 2.82. The molecule has 0 atom stereocenters. The fraction of sp³-hybridized carbons (Fsp3) is 0.600. The van der Waals surface area contributed by atoms with Crippen molar-refractivity contribution in [1.29, 1.82) is 0 Å². The van der Waals surface area contributed by atoms with Crippen LogP contribution >= 0.6 is 22.6 Å². The summed E-state index contributed by atoms with van der Waals surface area (Å²) in [7, 11) is 0. The highest BCUT2D eigenvalue weighted by molar-refractivity contribution is 14.1. The van der Waals surface area contributed by atoms with Gasteiger partial charge >= 0.3 is 0 Å². The number of hydrogen-bond donors (Lipinski definition) is 1. The molecule has 1 aliphatic carbocycles. The van der Waals surface area contributed by atoms with Crippen LogP contribution < -0.4 is 5.32 Å². The Hall–Kier alpha value is -0.250. The van der Waals surface area contributed by atoms with Crippen LogP contribution in [0.25, 0.3) is 0 Å². The van der Waals surface area contributed by atoms with Crippen LogP contribution in [-0.4, -0.2) is 6.04 Å². The normalized spacial score (nSPS) is 24.6. The Balaban J connectivity index is 1.82. The van der Waals surface area contributed by atoms with Crippen LogP contribution in [0.3, 0.4) is 0 Å². The molecule has 0 spiro atoms. The van der Waals surface area contributed by atoms with Crippen LogP contribution in [0.1, 0.15) is 45.4 Å². The van der Waals surface area contributed by atoms with E-state index in [-0.39, 0.29) is 0 Å². The Labute approximate surface area is 119 Å². The summed E-state index contributed by atoms with van der Waals surface area (Å²) in [6.45, 7) is 2.30. The summed E-state index contributed by atoms with van der Waals surface area (Å²) < 4.78 is 1.31. The van der Waals surface area contributed by atoms with Gasteiger partial charge in [0.1, 0.15) is 0 Å². The van der Waals surface area contributed by atoms with Gasteiger partial charge in [-0.2, -0.15) is 0 Å². The Bertz CT molecular complexity index is 343. The van der Waals surface area contributed by atoms with Gasteiger partial charge in [-0.1, -0.05) is 25.8 Å². The zero-order chi connectivity index (χ0) is 12.1. The predicted octanol–water partition coefficient (Wildman–Crippen LogP) is 5.06. The first kappa shape index (κ1) is 13.2. The predicted molar refractivity (Wildman–Crippen MR) is 83.4 cm³/mol. The minimum Gasteiger partial charge on any atom is -0.382 e. The Morgan fingerprint density at radius 2 is 2.00 bits per heavy atom. The standard InChI is InChI=1S/C15H22IN/c1-2-4-12-7-9-14(10-8-12)17-15-6-3-5-13(16)11-15/h3,5-6,11-12,14,17H,2,4,7-10H2,1H3. The maximum Gasteiger partial charge on any atom is 0.0352 e. The Morgan fingerprint density at radius 3 is 2.65 bits per heavy atom. The van der Waals surface area contributed by atoms with E-state index < -0.39 is 0 Å². The van der Waals surface area contributed by atoms with Crippen molar-refractivity contribution in [1.82, 2.24) is 0 Å². The van der Waals surface area contributed by atoms with Crippen molar-refractivity contribution in [3.63, 3.8) is 0 Å². The molecule has 1 aromatic carbocycles. The van der Waals surface area contributed by atoms with Crippen LogP contribution in [0.5, 0.6) is 0 Å². The van der Waals surface area contributed by atoms with Crippen LogP contribution in [-0.2, 0) is 0 Å². The van der Waals surface area contributed by atoms with E-state index in [1.54, 1.807) is 0 Å². The first-order valence-corrected chi connectivity index (χ1v) is 7.88. The molecule has 2 rings (SSSR count). The van der Waals surface area contributed by atoms with Gasteiger partial charge in [0.05, 0.1) is 0 Å². The molecule has 1 N–H and O–H groups in total. The smallest absolute Gasteiger partial charge is 0.0352 e. The summed E-state index contributed by atoms with van der Waals surface area (Å²) in [6.07, 6.45) is 8.28. The summed E-state index contributed by atoms with van der Waals surface area (Å²) >= 11 is 2.37. The summed E-state index contributed by atoms with van der Waals surface area (Å²) in [5, 5.41) is 3.68. The third kappa shape index (κ3) is 4.16. The molecule has 0 amide bonds. The van der Waals surface area contributed by atoms with Gasteiger partial charge < -0.3 is 5.32 Å². The molecule has 1 fully saturated rings. The molecule has 17 heavy (non-hydrogen) atoms. The van der Waals surface area contributed by atoms with E-state index in [1.165, 1.54) is 47.8 Å². The molecule has 1 nitrogen and oxygen atoms in total. The van der Waals surface area contributed by atoms with Crippen molar-refractivity contribution in [3.8, 4) is 0 Å². The second-order valence-electron chi connectivity index (χ2n) is 5.16. The molecule has 0 bridgehead atoms. The summed E-state index contributed by atoms with van der Waals surface area (Å²) in [6, 6.07) is 9.39. The maximum atomic E-state index is 3.68. The zero-order valence-electron chi connectivity index (χ0n) is 10.6. The molecule has 1 aromatic rings. The van der Waals surface area contributed by atoms with E-state index in [9.17, 15) is 0 Å². The molecule has 0 unspecified atom stereocenters. The van der Waals surface area contributed by atoms with Gasteiger partial charge in [-0.05, 0) is 72.4 Å². The third-order valence-corrected chi connectivity index (χ3v) is 4.41. The van der Waals surface area contributed by atoms with Crippen LogP contribution in [0.15, 0.2) is 24.3 Å². The highest BCUT2D eigenvalue weighted by atomic mass is 127. The van der Waals surface area contributed by atoms with E-state index in [2.05, 4.69) is 59.1 Å². The van der Waals surface area contributed by atoms with E-state index in [4.69, 9.17) is 0 Å². The van der Waals surface area contributed by atoms with Gasteiger partial charge in [-0.3, -0.25) is 0 Å². The molecule has 1 saturated carbocycles. The molecule has 0 heterocycles. The van der Waals surface area contributed by atoms with Gasteiger partial charge in [-0.15, -0.1) is 0 Å². The monoisotopic (exact) mass is 343 g/mol. The number of anilines is 1. The van der Waals surface area contributed by atoms with Crippen molar-refractivity contribution in [2.24, 2.45) is 5.92 Å². The van der Waals surface area contributed by atoms with Crippen molar-refractivity contribution in [2.45, 2.75) is 51.5 Å². The second kappa shape index (κ2) is 6.62. The molecule has 2 heteroatoms. The first-order chi connectivity index (χ1) is 8.28. The van der Waals surface area contributed by atoms with E-state index >= 15 is 0 Å². The minimum absolute atomic E-state index is 0.696. The summed E-state index contributed by atoms with van der Waals surface area (Å²) in [4.78, 5) is 0. The SMILES string of the molecule is CCCC1CCC(Nc2cccc(I)c2)CC1. The number of benzene rings is 1. The fourth-order valence-corrected chi connectivity index (χ4v) is 3.36. The Kier molecular flexibility index (Phi) is 5.14. The largest absolute Gasteiger partial charge is 0.382 e. The lowest BCUT2D eigenvalue weighted by Gasteiger charge is -2.29. The molecule has 0 radical (unpaired) electrons. The number of halogens is 1. The second-order valence-corrected chi connectivity index (χ2v) is 6.41. The topological polar surface area (TPSA) is 12.0 Å². The lowest BCUT2D eigenvalue weighted by atomic mass is 9.83. The molecule has 94 valence electrons. The van der Waals surface area contributed by atoms with E-state index in [0.29, 0.717) is 6.04 Å². The maximum absolute atomic E-state index is 3.68. The number of hydrogen-bond acceptors (Lipinski definition) is 1. The first-order valence-electron chi connectivity index (χ1n) is 6.80. The quantitative estimate of drug-likeness (QED) is 0.754. The number of rotatable bonds is 4. The molecule has 1 aliphatic rings. The van der Waals surface area contributed by atoms with Crippen molar-refractivity contribution < 1.29 is 0 Å².